The molecule has 0 aliphatic carbocycles. The predicted octanol–water partition coefficient (Wildman–Crippen LogP) is 3.06. The number of rotatable bonds is 4. The van der Waals surface area contributed by atoms with Crippen LogP contribution in [-0.4, -0.2) is 23.2 Å². The van der Waals surface area contributed by atoms with Gasteiger partial charge in [0.2, 0.25) is 0 Å². The number of nitrogens with zero attached hydrogens (tertiary/aromatic N) is 1. The first-order valence-electron chi connectivity index (χ1n) is 5.83. The summed E-state index contributed by atoms with van der Waals surface area (Å²) in [4.78, 5) is 14.9. The molecular formula is C14H15NO3S. The number of hydrogen-bond acceptors (Lipinski definition) is 4. The van der Waals surface area contributed by atoms with Gasteiger partial charge in [0.05, 0.1) is 12.1 Å². The van der Waals surface area contributed by atoms with Crippen LogP contribution in [0.3, 0.4) is 0 Å². The molecule has 0 aliphatic rings. The standard InChI is InChI=1S/C14H15NO3S/c1-8-5-12(18-3)9(2)4-10(8)6-13-15-11(7-19-13)14(16)17/h4-5,7H,6H2,1-3H3,(H,16,17). The van der Waals surface area contributed by atoms with E-state index in [9.17, 15) is 4.79 Å². The van der Waals surface area contributed by atoms with Crippen LogP contribution >= 0.6 is 11.3 Å². The van der Waals surface area contributed by atoms with Crippen molar-refractivity contribution in [1.82, 2.24) is 4.98 Å². The number of aromatic carboxylic acids is 1. The topological polar surface area (TPSA) is 59.4 Å². The van der Waals surface area contributed by atoms with Gasteiger partial charge in [-0.05, 0) is 36.6 Å². The lowest BCUT2D eigenvalue weighted by Gasteiger charge is -2.10. The Balaban J connectivity index is 2.27. The molecule has 1 heterocycles. The number of carbonyl (C=O) groups is 1. The van der Waals surface area contributed by atoms with Crippen molar-refractivity contribution in [2.45, 2.75) is 20.3 Å². The Bertz CT molecular complexity index is 619. The van der Waals surface area contributed by atoms with Gasteiger partial charge in [-0.3, -0.25) is 0 Å². The molecule has 0 spiro atoms. The highest BCUT2D eigenvalue weighted by Crippen LogP contribution is 2.25. The van der Waals surface area contributed by atoms with Crippen LogP contribution in [0.2, 0.25) is 0 Å². The van der Waals surface area contributed by atoms with E-state index in [-0.39, 0.29) is 5.69 Å². The van der Waals surface area contributed by atoms with Gasteiger partial charge in [-0.15, -0.1) is 11.3 Å². The van der Waals surface area contributed by atoms with Gasteiger partial charge in [-0.1, -0.05) is 6.07 Å². The van der Waals surface area contributed by atoms with Crippen molar-refractivity contribution in [2.24, 2.45) is 0 Å². The molecule has 5 heteroatoms. The average Bonchev–Trinajstić information content (AvgIpc) is 2.82. The van der Waals surface area contributed by atoms with Crippen LogP contribution in [0.4, 0.5) is 0 Å². The number of hydrogen-bond donors (Lipinski definition) is 1. The van der Waals surface area contributed by atoms with Crippen LogP contribution in [0, 0.1) is 13.8 Å². The van der Waals surface area contributed by atoms with Crippen molar-refractivity contribution in [1.29, 1.82) is 0 Å². The number of benzene rings is 1. The molecule has 19 heavy (non-hydrogen) atoms. The van der Waals surface area contributed by atoms with Gasteiger partial charge in [-0.25, -0.2) is 9.78 Å². The summed E-state index contributed by atoms with van der Waals surface area (Å²) in [5, 5.41) is 11.2. The highest BCUT2D eigenvalue weighted by Gasteiger charge is 2.11. The Morgan fingerprint density at radius 3 is 2.68 bits per heavy atom. The molecule has 0 fully saturated rings. The molecule has 0 bridgehead atoms. The maximum Gasteiger partial charge on any atom is 0.355 e. The summed E-state index contributed by atoms with van der Waals surface area (Å²) < 4.78 is 5.28. The second kappa shape index (κ2) is 5.40. The summed E-state index contributed by atoms with van der Waals surface area (Å²) in [7, 11) is 1.65. The molecule has 0 atom stereocenters. The zero-order chi connectivity index (χ0) is 14.0. The fraction of sp³-hybridized carbons (Fsp3) is 0.286. The fourth-order valence-corrected chi connectivity index (χ4v) is 2.70. The van der Waals surface area contributed by atoms with Crippen LogP contribution in [-0.2, 0) is 6.42 Å². The van der Waals surface area contributed by atoms with Crippen molar-refractivity contribution in [3.05, 3.63) is 44.9 Å². The molecule has 1 N–H and O–H groups in total. The number of aryl methyl sites for hydroxylation is 2. The quantitative estimate of drug-likeness (QED) is 0.933. The summed E-state index contributed by atoms with van der Waals surface area (Å²) in [6, 6.07) is 4.06. The molecular weight excluding hydrogens is 262 g/mol. The van der Waals surface area contributed by atoms with Crippen molar-refractivity contribution in [3.8, 4) is 5.75 Å². The lowest BCUT2D eigenvalue weighted by atomic mass is 10.0. The van der Waals surface area contributed by atoms with Crippen LogP contribution in [0.1, 0.15) is 32.2 Å². The zero-order valence-corrected chi connectivity index (χ0v) is 11.9. The monoisotopic (exact) mass is 277 g/mol. The minimum Gasteiger partial charge on any atom is -0.496 e. The molecule has 0 amide bonds. The minimum absolute atomic E-state index is 0.114. The highest BCUT2D eigenvalue weighted by atomic mass is 32.1. The first-order chi connectivity index (χ1) is 9.01. The number of ether oxygens (including phenoxy) is 1. The summed E-state index contributed by atoms with van der Waals surface area (Å²) in [5.74, 6) is -0.114. The molecule has 0 aliphatic heterocycles. The van der Waals surface area contributed by atoms with E-state index in [0.717, 1.165) is 27.4 Å². The van der Waals surface area contributed by atoms with E-state index in [4.69, 9.17) is 9.84 Å². The third kappa shape index (κ3) is 2.93. The van der Waals surface area contributed by atoms with Crippen LogP contribution in [0.5, 0.6) is 5.75 Å². The van der Waals surface area contributed by atoms with Gasteiger partial charge < -0.3 is 9.84 Å². The number of aromatic nitrogens is 1. The van der Waals surface area contributed by atoms with E-state index in [1.54, 1.807) is 12.5 Å². The van der Waals surface area contributed by atoms with Crippen LogP contribution < -0.4 is 4.74 Å². The molecule has 2 aromatic rings. The van der Waals surface area contributed by atoms with Gasteiger partial charge in [0.1, 0.15) is 5.75 Å². The number of methoxy groups -OCH3 is 1. The van der Waals surface area contributed by atoms with Crippen molar-refractivity contribution in [3.63, 3.8) is 0 Å². The smallest absolute Gasteiger partial charge is 0.355 e. The number of carboxylic acids is 1. The van der Waals surface area contributed by atoms with Gasteiger partial charge in [0, 0.05) is 11.8 Å². The Kier molecular flexibility index (Phi) is 3.85. The maximum atomic E-state index is 10.8. The van der Waals surface area contributed by atoms with Crippen LogP contribution in [0.15, 0.2) is 17.5 Å². The average molecular weight is 277 g/mol. The summed E-state index contributed by atoms with van der Waals surface area (Å²) in [5.41, 5.74) is 3.44. The zero-order valence-electron chi connectivity index (χ0n) is 11.1. The lowest BCUT2D eigenvalue weighted by molar-refractivity contribution is 0.0691. The predicted molar refractivity (Wildman–Crippen MR) is 74.3 cm³/mol. The molecule has 0 unspecified atom stereocenters. The van der Waals surface area contributed by atoms with Crippen molar-refractivity contribution < 1.29 is 14.6 Å². The highest BCUT2D eigenvalue weighted by molar-refractivity contribution is 7.09. The largest absolute Gasteiger partial charge is 0.496 e. The van der Waals surface area contributed by atoms with Crippen molar-refractivity contribution >= 4 is 17.3 Å². The third-order valence-electron chi connectivity index (χ3n) is 2.97. The SMILES string of the molecule is COc1cc(C)c(Cc2nc(C(=O)O)cs2)cc1C. The number of carboxylic acid groups (broad SMARTS) is 1. The molecule has 2 rings (SSSR count). The second-order valence-corrected chi connectivity index (χ2v) is 5.30. The third-order valence-corrected chi connectivity index (χ3v) is 3.81. The first kappa shape index (κ1) is 13.5. The summed E-state index contributed by atoms with van der Waals surface area (Å²) >= 11 is 1.37. The summed E-state index contributed by atoms with van der Waals surface area (Å²) in [6.07, 6.45) is 0.647. The fourth-order valence-electron chi connectivity index (χ4n) is 1.91. The molecule has 0 saturated heterocycles. The van der Waals surface area contributed by atoms with Gasteiger partial charge in [0.15, 0.2) is 5.69 Å². The number of thiazole rings is 1. The molecule has 100 valence electrons. The molecule has 1 aromatic heterocycles. The van der Waals surface area contributed by atoms with E-state index in [1.165, 1.54) is 11.3 Å². The minimum atomic E-state index is -0.981. The first-order valence-corrected chi connectivity index (χ1v) is 6.71. The van der Waals surface area contributed by atoms with Gasteiger partial charge in [0.25, 0.3) is 0 Å². The Hall–Kier alpha value is -1.88. The van der Waals surface area contributed by atoms with E-state index in [1.807, 2.05) is 19.9 Å². The molecule has 0 radical (unpaired) electrons. The Morgan fingerprint density at radius 1 is 1.37 bits per heavy atom. The molecule has 4 nitrogen and oxygen atoms in total. The normalized spacial score (nSPS) is 10.5. The summed E-state index contributed by atoms with van der Waals surface area (Å²) in [6.45, 7) is 4.01. The van der Waals surface area contributed by atoms with E-state index >= 15 is 0 Å². The van der Waals surface area contributed by atoms with Gasteiger partial charge in [-0.2, -0.15) is 0 Å². The molecule has 1 aromatic carbocycles. The molecule has 0 saturated carbocycles. The Morgan fingerprint density at radius 2 is 2.11 bits per heavy atom. The van der Waals surface area contributed by atoms with Crippen molar-refractivity contribution in [2.75, 3.05) is 7.11 Å². The maximum absolute atomic E-state index is 10.8. The Labute approximate surface area is 115 Å². The van der Waals surface area contributed by atoms with E-state index in [2.05, 4.69) is 11.1 Å². The van der Waals surface area contributed by atoms with Crippen LogP contribution in [0.25, 0.3) is 0 Å². The van der Waals surface area contributed by atoms with Gasteiger partial charge >= 0.3 is 5.97 Å². The second-order valence-electron chi connectivity index (χ2n) is 4.36. The lowest BCUT2D eigenvalue weighted by Crippen LogP contribution is -1.98. The van der Waals surface area contributed by atoms with E-state index in [0.29, 0.717) is 6.42 Å². The van der Waals surface area contributed by atoms with E-state index < -0.39 is 5.97 Å².